The summed E-state index contributed by atoms with van der Waals surface area (Å²) in [5.41, 5.74) is 2.08. The van der Waals surface area contributed by atoms with Crippen LogP contribution in [0.4, 0.5) is 5.82 Å². The van der Waals surface area contributed by atoms with Crippen molar-refractivity contribution in [2.75, 3.05) is 11.6 Å². The summed E-state index contributed by atoms with van der Waals surface area (Å²) in [5.74, 6) is 0.878. The van der Waals surface area contributed by atoms with Crippen LogP contribution in [-0.2, 0) is 0 Å². The molecule has 1 N–H and O–H groups in total. The molecule has 1 fully saturated rings. The van der Waals surface area contributed by atoms with Crippen LogP contribution in [0.25, 0.3) is 11.3 Å². The maximum Gasteiger partial charge on any atom is 0.148 e. The topological polar surface area (TPSA) is 37.8 Å². The summed E-state index contributed by atoms with van der Waals surface area (Å²) in [6, 6.07) is 12.9. The predicted molar refractivity (Wildman–Crippen MR) is 75.9 cm³/mol. The monoisotopic (exact) mass is 257 g/mol. The van der Waals surface area contributed by atoms with Crippen LogP contribution >= 0.6 is 11.8 Å². The summed E-state index contributed by atoms with van der Waals surface area (Å²) >= 11 is 1.73. The van der Waals surface area contributed by atoms with Gasteiger partial charge in [-0.05, 0) is 37.3 Å². The number of nitrogens with one attached hydrogen (secondary N) is 1. The zero-order valence-corrected chi connectivity index (χ0v) is 11.1. The first-order valence-electron chi connectivity index (χ1n) is 6.10. The van der Waals surface area contributed by atoms with Crippen LogP contribution in [-0.4, -0.2) is 22.5 Å². The minimum absolute atomic E-state index is 0.614. The Labute approximate surface area is 111 Å². The standard InChI is InChI=1S/C14H15N3S/c1-18-13-5-3-2-4-11(13)12-8-9-14(17-16-12)15-10-6-7-10/h2-5,8-10H,6-7H2,1H3,(H,15,17). The number of anilines is 1. The third-order valence-corrected chi connectivity index (χ3v) is 3.77. The van der Waals surface area contributed by atoms with Gasteiger partial charge in [-0.2, -0.15) is 0 Å². The van der Waals surface area contributed by atoms with E-state index >= 15 is 0 Å². The Bertz CT molecular complexity index is 535. The van der Waals surface area contributed by atoms with Gasteiger partial charge in [0.2, 0.25) is 0 Å². The molecular formula is C14H15N3S. The number of hydrogen-bond donors (Lipinski definition) is 1. The Hall–Kier alpha value is -1.55. The normalized spacial score (nSPS) is 14.5. The maximum absolute atomic E-state index is 4.31. The van der Waals surface area contributed by atoms with Crippen LogP contribution < -0.4 is 5.32 Å². The van der Waals surface area contributed by atoms with Crippen molar-refractivity contribution in [2.45, 2.75) is 23.8 Å². The first kappa shape index (κ1) is 11.5. The fourth-order valence-electron chi connectivity index (χ4n) is 1.85. The average Bonchev–Trinajstić information content (AvgIpc) is 3.24. The van der Waals surface area contributed by atoms with E-state index in [-0.39, 0.29) is 0 Å². The van der Waals surface area contributed by atoms with Gasteiger partial charge in [0.25, 0.3) is 0 Å². The van der Waals surface area contributed by atoms with Gasteiger partial charge >= 0.3 is 0 Å². The molecule has 1 aliphatic rings. The van der Waals surface area contributed by atoms with Crippen molar-refractivity contribution in [3.63, 3.8) is 0 Å². The molecule has 1 aromatic heterocycles. The number of benzene rings is 1. The highest BCUT2D eigenvalue weighted by Crippen LogP contribution is 2.29. The number of thioether (sulfide) groups is 1. The zero-order valence-electron chi connectivity index (χ0n) is 10.3. The number of hydrogen-bond acceptors (Lipinski definition) is 4. The molecule has 1 heterocycles. The van der Waals surface area contributed by atoms with Crippen LogP contribution in [0.15, 0.2) is 41.3 Å². The lowest BCUT2D eigenvalue weighted by molar-refractivity contribution is 1.00. The smallest absolute Gasteiger partial charge is 0.148 e. The molecule has 1 aliphatic carbocycles. The van der Waals surface area contributed by atoms with Crippen LogP contribution in [0.3, 0.4) is 0 Å². The summed E-state index contributed by atoms with van der Waals surface area (Å²) in [6.45, 7) is 0. The van der Waals surface area contributed by atoms with Gasteiger partial charge in [0.05, 0.1) is 5.69 Å². The quantitative estimate of drug-likeness (QED) is 0.851. The lowest BCUT2D eigenvalue weighted by Crippen LogP contribution is -2.04. The fraction of sp³-hybridized carbons (Fsp3) is 0.286. The lowest BCUT2D eigenvalue weighted by Gasteiger charge is -2.07. The highest BCUT2D eigenvalue weighted by molar-refractivity contribution is 7.98. The molecule has 1 aromatic carbocycles. The van der Waals surface area contributed by atoms with E-state index in [1.165, 1.54) is 17.7 Å². The molecule has 0 unspecified atom stereocenters. The van der Waals surface area contributed by atoms with E-state index in [4.69, 9.17) is 0 Å². The second kappa shape index (κ2) is 4.98. The Morgan fingerprint density at radius 1 is 1.11 bits per heavy atom. The van der Waals surface area contributed by atoms with E-state index in [1.807, 2.05) is 24.3 Å². The maximum atomic E-state index is 4.31. The third-order valence-electron chi connectivity index (χ3n) is 2.98. The second-order valence-corrected chi connectivity index (χ2v) is 5.27. The van der Waals surface area contributed by atoms with Gasteiger partial charge in [0, 0.05) is 16.5 Å². The van der Waals surface area contributed by atoms with Gasteiger partial charge in [-0.25, -0.2) is 0 Å². The van der Waals surface area contributed by atoms with Gasteiger partial charge in [0.15, 0.2) is 0 Å². The first-order valence-corrected chi connectivity index (χ1v) is 7.33. The van der Waals surface area contributed by atoms with Crippen LogP contribution in [0.5, 0.6) is 0 Å². The molecule has 0 spiro atoms. The van der Waals surface area contributed by atoms with Crippen molar-refractivity contribution in [1.29, 1.82) is 0 Å². The molecular weight excluding hydrogens is 242 g/mol. The van der Waals surface area contributed by atoms with Gasteiger partial charge in [-0.15, -0.1) is 22.0 Å². The summed E-state index contributed by atoms with van der Waals surface area (Å²) in [4.78, 5) is 1.23. The molecule has 2 aromatic rings. The van der Waals surface area contributed by atoms with Crippen LogP contribution in [0, 0.1) is 0 Å². The van der Waals surface area contributed by atoms with E-state index in [0.717, 1.165) is 17.1 Å². The van der Waals surface area contributed by atoms with E-state index in [2.05, 4.69) is 33.9 Å². The molecule has 0 aliphatic heterocycles. The minimum atomic E-state index is 0.614. The van der Waals surface area contributed by atoms with E-state index in [0.29, 0.717) is 6.04 Å². The lowest BCUT2D eigenvalue weighted by atomic mass is 10.1. The minimum Gasteiger partial charge on any atom is -0.366 e. The van der Waals surface area contributed by atoms with Crippen molar-refractivity contribution in [1.82, 2.24) is 10.2 Å². The Morgan fingerprint density at radius 3 is 2.61 bits per heavy atom. The third kappa shape index (κ3) is 2.48. The Kier molecular flexibility index (Phi) is 3.19. The van der Waals surface area contributed by atoms with Crippen molar-refractivity contribution < 1.29 is 0 Å². The number of aromatic nitrogens is 2. The molecule has 4 heteroatoms. The highest BCUT2D eigenvalue weighted by Gasteiger charge is 2.21. The van der Waals surface area contributed by atoms with E-state index in [9.17, 15) is 0 Å². The molecule has 0 radical (unpaired) electrons. The average molecular weight is 257 g/mol. The Balaban J connectivity index is 1.86. The molecule has 3 rings (SSSR count). The Morgan fingerprint density at radius 2 is 1.94 bits per heavy atom. The highest BCUT2D eigenvalue weighted by atomic mass is 32.2. The molecule has 0 atom stereocenters. The van der Waals surface area contributed by atoms with Crippen molar-refractivity contribution in [2.24, 2.45) is 0 Å². The molecule has 92 valence electrons. The van der Waals surface area contributed by atoms with Gasteiger partial charge in [-0.3, -0.25) is 0 Å². The number of rotatable bonds is 4. The number of nitrogens with zero attached hydrogens (tertiary/aromatic N) is 2. The van der Waals surface area contributed by atoms with Crippen molar-refractivity contribution in [3.8, 4) is 11.3 Å². The summed E-state index contributed by atoms with van der Waals surface area (Å²) < 4.78 is 0. The van der Waals surface area contributed by atoms with Crippen molar-refractivity contribution >= 4 is 17.6 Å². The SMILES string of the molecule is CSc1ccccc1-c1ccc(NC2CC2)nn1. The van der Waals surface area contributed by atoms with Crippen LogP contribution in [0.2, 0.25) is 0 Å². The summed E-state index contributed by atoms with van der Waals surface area (Å²) in [7, 11) is 0. The first-order chi connectivity index (χ1) is 8.86. The van der Waals surface area contributed by atoms with Crippen LogP contribution in [0.1, 0.15) is 12.8 Å². The van der Waals surface area contributed by atoms with E-state index < -0.39 is 0 Å². The molecule has 0 amide bonds. The fourth-order valence-corrected chi connectivity index (χ4v) is 2.45. The van der Waals surface area contributed by atoms with E-state index in [1.54, 1.807) is 11.8 Å². The largest absolute Gasteiger partial charge is 0.366 e. The van der Waals surface area contributed by atoms with Crippen molar-refractivity contribution in [3.05, 3.63) is 36.4 Å². The summed E-state index contributed by atoms with van der Waals surface area (Å²) in [5, 5.41) is 11.9. The molecule has 3 nitrogen and oxygen atoms in total. The molecule has 18 heavy (non-hydrogen) atoms. The predicted octanol–water partition coefficient (Wildman–Crippen LogP) is 3.44. The second-order valence-electron chi connectivity index (χ2n) is 4.42. The zero-order chi connectivity index (χ0) is 12.4. The van der Waals surface area contributed by atoms with Gasteiger partial charge in [0.1, 0.15) is 5.82 Å². The van der Waals surface area contributed by atoms with Gasteiger partial charge in [-0.1, -0.05) is 18.2 Å². The molecule has 1 saturated carbocycles. The summed E-state index contributed by atoms with van der Waals surface area (Å²) in [6.07, 6.45) is 4.58. The molecule has 0 saturated heterocycles. The van der Waals surface area contributed by atoms with Gasteiger partial charge < -0.3 is 5.32 Å². The molecule has 0 bridgehead atoms.